The number of rotatable bonds is 1. The fourth-order valence-corrected chi connectivity index (χ4v) is 4.02. The molecule has 6 nitrogen and oxygen atoms in total. The van der Waals surface area contributed by atoms with E-state index in [1.165, 1.54) is 6.07 Å². The monoisotopic (exact) mass is 423 g/mol. The van der Waals surface area contributed by atoms with Gasteiger partial charge in [0.15, 0.2) is 0 Å². The fraction of sp³-hybridized carbons (Fsp3) is 0.524. The van der Waals surface area contributed by atoms with Crippen LogP contribution in [0.2, 0.25) is 0 Å². The minimum absolute atomic E-state index is 0.0142. The van der Waals surface area contributed by atoms with Gasteiger partial charge in [0.1, 0.15) is 5.60 Å². The standard InChI is InChI=1S/C21H24F3N3O3/c1-20(2,3)30-19(28)26-9-4-5-17-18(26)15-7-6-13(11-14(15)12-29-17)16-8-10-27(25-16)21(22,23)24/h6-8,10-11,17-18H,4-5,9,12H2,1-3H3/t17-,18-/m0/s1. The Hall–Kier alpha value is -2.55. The van der Waals surface area contributed by atoms with Gasteiger partial charge in [-0.05, 0) is 56.9 Å². The van der Waals surface area contributed by atoms with Gasteiger partial charge in [-0.2, -0.15) is 9.78 Å². The molecule has 0 N–H and O–H groups in total. The van der Waals surface area contributed by atoms with Gasteiger partial charge < -0.3 is 9.47 Å². The molecule has 2 aliphatic heterocycles. The highest BCUT2D eigenvalue weighted by Gasteiger charge is 2.41. The van der Waals surface area contributed by atoms with Crippen molar-refractivity contribution in [1.29, 1.82) is 0 Å². The maximum atomic E-state index is 12.8. The number of carbonyl (C=O) groups is 1. The zero-order valence-corrected chi connectivity index (χ0v) is 17.1. The Bertz CT molecular complexity index is 949. The number of amides is 1. The predicted molar refractivity (Wildman–Crippen MR) is 102 cm³/mol. The molecule has 3 heterocycles. The average molecular weight is 423 g/mol. The van der Waals surface area contributed by atoms with Crippen molar-refractivity contribution >= 4 is 6.09 Å². The molecule has 9 heteroatoms. The van der Waals surface area contributed by atoms with Gasteiger partial charge in [-0.25, -0.2) is 4.79 Å². The number of nitrogens with zero attached hydrogens (tertiary/aromatic N) is 3. The Morgan fingerprint density at radius 3 is 2.67 bits per heavy atom. The SMILES string of the molecule is CC(C)(C)OC(=O)N1CCC[C@@H]2OCc3cc(-c4ccn(C(F)(F)F)n4)ccc3[C@@H]21. The number of halogens is 3. The maximum absolute atomic E-state index is 12.8. The molecular formula is C21H24F3N3O3. The van der Waals surface area contributed by atoms with Crippen LogP contribution in [-0.4, -0.2) is 39.0 Å². The van der Waals surface area contributed by atoms with Crippen molar-refractivity contribution < 1.29 is 27.4 Å². The minimum atomic E-state index is -4.56. The number of likely N-dealkylation sites (tertiary alicyclic amines) is 1. The molecule has 1 aromatic carbocycles. The first-order chi connectivity index (χ1) is 14.0. The summed E-state index contributed by atoms with van der Waals surface area (Å²) in [6.45, 7) is 6.38. The molecule has 2 aliphatic rings. The Kier molecular flexibility index (Phi) is 5.04. The molecule has 1 aromatic heterocycles. The molecule has 1 fully saturated rings. The second-order valence-electron chi connectivity index (χ2n) is 8.64. The quantitative estimate of drug-likeness (QED) is 0.648. The number of aromatic nitrogens is 2. The molecule has 1 saturated heterocycles. The van der Waals surface area contributed by atoms with Crippen molar-refractivity contribution in [2.24, 2.45) is 0 Å². The molecule has 4 rings (SSSR count). The van der Waals surface area contributed by atoms with E-state index in [9.17, 15) is 18.0 Å². The van der Waals surface area contributed by atoms with Crippen molar-refractivity contribution in [3.63, 3.8) is 0 Å². The molecule has 162 valence electrons. The summed E-state index contributed by atoms with van der Waals surface area (Å²) in [6.07, 6.45) is -2.52. The molecule has 0 radical (unpaired) electrons. The first kappa shape index (κ1) is 20.7. The van der Waals surface area contributed by atoms with Gasteiger partial charge in [-0.3, -0.25) is 4.90 Å². The summed E-state index contributed by atoms with van der Waals surface area (Å²) in [5, 5.41) is 3.63. The summed E-state index contributed by atoms with van der Waals surface area (Å²) >= 11 is 0. The topological polar surface area (TPSA) is 56.6 Å². The van der Waals surface area contributed by atoms with Crippen molar-refractivity contribution in [1.82, 2.24) is 14.7 Å². The van der Waals surface area contributed by atoms with E-state index >= 15 is 0 Å². The van der Waals surface area contributed by atoms with Crippen LogP contribution in [0, 0.1) is 0 Å². The van der Waals surface area contributed by atoms with Gasteiger partial charge >= 0.3 is 12.4 Å². The number of hydrogen-bond acceptors (Lipinski definition) is 4. The Morgan fingerprint density at radius 2 is 2.00 bits per heavy atom. The molecule has 0 bridgehead atoms. The van der Waals surface area contributed by atoms with Gasteiger partial charge in [0.2, 0.25) is 0 Å². The third-order valence-electron chi connectivity index (χ3n) is 5.26. The van der Waals surface area contributed by atoms with E-state index in [4.69, 9.17) is 9.47 Å². The average Bonchev–Trinajstić information content (AvgIpc) is 3.16. The summed E-state index contributed by atoms with van der Waals surface area (Å²) in [5.74, 6) is 0. The van der Waals surface area contributed by atoms with E-state index in [2.05, 4.69) is 5.10 Å². The van der Waals surface area contributed by atoms with Gasteiger partial charge in [0.05, 0.1) is 24.4 Å². The zero-order valence-electron chi connectivity index (χ0n) is 17.1. The number of piperidine rings is 1. The maximum Gasteiger partial charge on any atom is 0.504 e. The van der Waals surface area contributed by atoms with E-state index < -0.39 is 11.9 Å². The van der Waals surface area contributed by atoms with E-state index in [1.54, 1.807) is 17.0 Å². The number of carbonyl (C=O) groups excluding carboxylic acids is 1. The van der Waals surface area contributed by atoms with Gasteiger partial charge in [-0.15, -0.1) is 13.2 Å². The third kappa shape index (κ3) is 4.03. The summed E-state index contributed by atoms with van der Waals surface area (Å²) in [5.41, 5.74) is 1.97. The lowest BCUT2D eigenvalue weighted by Gasteiger charge is -2.44. The van der Waals surface area contributed by atoms with Gasteiger partial charge in [0, 0.05) is 18.3 Å². The van der Waals surface area contributed by atoms with Crippen LogP contribution in [0.25, 0.3) is 11.3 Å². The Morgan fingerprint density at radius 1 is 1.23 bits per heavy atom. The van der Waals surface area contributed by atoms with Crippen LogP contribution >= 0.6 is 0 Å². The largest absolute Gasteiger partial charge is 0.504 e. The highest BCUT2D eigenvalue weighted by molar-refractivity contribution is 5.70. The summed E-state index contributed by atoms with van der Waals surface area (Å²) in [7, 11) is 0. The van der Waals surface area contributed by atoms with Crippen molar-refractivity contribution in [3.8, 4) is 11.3 Å². The van der Waals surface area contributed by atoms with E-state index in [-0.39, 0.29) is 28.6 Å². The highest BCUT2D eigenvalue weighted by atomic mass is 19.4. The molecule has 2 atom stereocenters. The van der Waals surface area contributed by atoms with Crippen molar-refractivity contribution in [3.05, 3.63) is 41.6 Å². The number of ether oxygens (including phenoxy) is 2. The lowest BCUT2D eigenvalue weighted by atomic mass is 9.86. The number of benzene rings is 1. The highest BCUT2D eigenvalue weighted by Crippen LogP contribution is 2.41. The van der Waals surface area contributed by atoms with Crippen LogP contribution < -0.4 is 0 Å². The fourth-order valence-electron chi connectivity index (χ4n) is 4.02. The first-order valence-electron chi connectivity index (χ1n) is 9.90. The van der Waals surface area contributed by atoms with Crippen LogP contribution in [-0.2, 0) is 22.4 Å². The Balaban J connectivity index is 1.65. The molecular weight excluding hydrogens is 399 g/mol. The van der Waals surface area contributed by atoms with E-state index in [0.717, 1.165) is 30.2 Å². The normalized spacial score (nSPS) is 21.7. The molecule has 0 unspecified atom stereocenters. The summed E-state index contributed by atoms with van der Waals surface area (Å²) < 4.78 is 50.1. The van der Waals surface area contributed by atoms with Crippen LogP contribution in [0.15, 0.2) is 30.5 Å². The zero-order chi connectivity index (χ0) is 21.7. The van der Waals surface area contributed by atoms with Crippen LogP contribution in [0.1, 0.15) is 50.8 Å². The summed E-state index contributed by atoms with van der Waals surface area (Å²) in [4.78, 5) is 14.5. The second-order valence-corrected chi connectivity index (χ2v) is 8.64. The molecule has 2 aromatic rings. The van der Waals surface area contributed by atoms with Gasteiger partial charge in [0.25, 0.3) is 0 Å². The van der Waals surface area contributed by atoms with Crippen LogP contribution in [0.4, 0.5) is 18.0 Å². The van der Waals surface area contributed by atoms with Crippen molar-refractivity contribution in [2.45, 2.75) is 64.3 Å². The third-order valence-corrected chi connectivity index (χ3v) is 5.26. The molecule has 0 spiro atoms. The number of hydrogen-bond donors (Lipinski definition) is 0. The summed E-state index contributed by atoms with van der Waals surface area (Å²) in [6, 6.07) is 6.44. The molecule has 30 heavy (non-hydrogen) atoms. The number of alkyl halides is 3. The molecule has 0 saturated carbocycles. The lowest BCUT2D eigenvalue weighted by Crippen LogP contribution is -2.49. The second kappa shape index (κ2) is 7.30. The predicted octanol–water partition coefficient (Wildman–Crippen LogP) is 5.00. The van der Waals surface area contributed by atoms with Crippen LogP contribution in [0.3, 0.4) is 0 Å². The van der Waals surface area contributed by atoms with E-state index in [1.807, 2.05) is 26.8 Å². The molecule has 1 amide bonds. The number of fused-ring (bicyclic) bond motifs is 3. The Labute approximate surface area is 172 Å². The lowest BCUT2D eigenvalue weighted by molar-refractivity contribution is -0.212. The van der Waals surface area contributed by atoms with Crippen molar-refractivity contribution in [2.75, 3.05) is 6.54 Å². The van der Waals surface area contributed by atoms with E-state index in [0.29, 0.717) is 18.7 Å². The minimum Gasteiger partial charge on any atom is -0.444 e. The smallest absolute Gasteiger partial charge is 0.444 e. The first-order valence-corrected chi connectivity index (χ1v) is 9.90. The molecule has 0 aliphatic carbocycles. The van der Waals surface area contributed by atoms with Crippen LogP contribution in [0.5, 0.6) is 0 Å². The van der Waals surface area contributed by atoms with Gasteiger partial charge in [-0.1, -0.05) is 12.1 Å².